The Morgan fingerprint density at radius 1 is 1.21 bits per heavy atom. The van der Waals surface area contributed by atoms with E-state index in [4.69, 9.17) is 4.74 Å². The van der Waals surface area contributed by atoms with Gasteiger partial charge in [0.05, 0.1) is 24.5 Å². The molecule has 38 heavy (non-hydrogen) atoms. The summed E-state index contributed by atoms with van der Waals surface area (Å²) in [5, 5.41) is 7.02. The largest absolute Gasteiger partial charge is 0.481 e. The first-order chi connectivity index (χ1) is 18.1. The molecule has 2 heterocycles. The molecule has 1 aliphatic carbocycles. The molecule has 0 radical (unpaired) electrons. The number of amides is 2. The highest BCUT2D eigenvalue weighted by molar-refractivity contribution is 7.90. The van der Waals surface area contributed by atoms with Gasteiger partial charge in [0.15, 0.2) is 5.03 Å². The Bertz CT molecular complexity index is 1440. The zero-order valence-electron chi connectivity index (χ0n) is 22.8. The van der Waals surface area contributed by atoms with Gasteiger partial charge in [-0.1, -0.05) is 19.1 Å². The van der Waals surface area contributed by atoms with Crippen LogP contribution in [0.4, 0.5) is 10.5 Å². The van der Waals surface area contributed by atoms with Gasteiger partial charge in [0.25, 0.3) is 10.0 Å². The van der Waals surface area contributed by atoms with Crippen LogP contribution in [0.1, 0.15) is 65.4 Å². The van der Waals surface area contributed by atoms with Crippen molar-refractivity contribution >= 4 is 21.7 Å². The smallest absolute Gasteiger partial charge is 0.333 e. The number of methoxy groups -OCH3 is 1. The summed E-state index contributed by atoms with van der Waals surface area (Å²) in [5.74, 6) is 0.445. The predicted octanol–water partition coefficient (Wildman–Crippen LogP) is 5.04. The molecule has 2 amide bonds. The average molecular weight is 545 g/mol. The van der Waals surface area contributed by atoms with E-state index in [0.717, 1.165) is 53.6 Å². The van der Waals surface area contributed by atoms with Crippen LogP contribution in [0.25, 0.3) is 11.1 Å². The van der Waals surface area contributed by atoms with E-state index in [1.165, 1.54) is 0 Å². The first-order valence-corrected chi connectivity index (χ1v) is 14.3. The molecular formula is C27H40N6O4S. The van der Waals surface area contributed by atoms with Crippen LogP contribution in [0.3, 0.4) is 0 Å². The minimum atomic E-state index is -4.23. The lowest BCUT2D eigenvalue weighted by Crippen LogP contribution is -2.35. The van der Waals surface area contributed by atoms with Gasteiger partial charge in [0, 0.05) is 32.8 Å². The summed E-state index contributed by atoms with van der Waals surface area (Å²) in [7, 11) is 1.20. The highest BCUT2D eigenvalue weighted by Crippen LogP contribution is 2.38. The van der Waals surface area contributed by atoms with Gasteiger partial charge in [-0.3, -0.25) is 4.68 Å². The Morgan fingerprint density at radius 2 is 1.97 bits per heavy atom. The third-order valence-corrected chi connectivity index (χ3v) is 8.07. The number of pyridine rings is 1. The number of anilines is 1. The second-order valence-electron chi connectivity index (χ2n) is 9.96. The minimum absolute atomic E-state index is 0. The first kappa shape index (κ1) is 27.6. The number of aryl methyl sites for hydroxylation is 1. The number of aromatic nitrogens is 3. The van der Waals surface area contributed by atoms with Gasteiger partial charge < -0.3 is 15.0 Å². The Balaban J connectivity index is 0.00000280. The van der Waals surface area contributed by atoms with Crippen LogP contribution in [0.2, 0.25) is 0 Å². The third kappa shape index (κ3) is 5.53. The topological polar surface area (TPSA) is 118 Å². The normalized spacial score (nSPS) is 14.0. The van der Waals surface area contributed by atoms with Gasteiger partial charge in [0.2, 0.25) is 5.88 Å². The van der Waals surface area contributed by atoms with E-state index < -0.39 is 16.1 Å². The highest BCUT2D eigenvalue weighted by Gasteiger charge is 2.28. The molecule has 1 atom stereocenters. The van der Waals surface area contributed by atoms with Crippen LogP contribution in [-0.2, 0) is 22.9 Å². The number of carbonyl (C=O) groups excluding carboxylic acids is 1. The molecule has 0 aliphatic heterocycles. The Morgan fingerprint density at radius 3 is 2.63 bits per heavy atom. The van der Waals surface area contributed by atoms with Crippen molar-refractivity contribution in [1.82, 2.24) is 24.4 Å². The van der Waals surface area contributed by atoms with Crippen molar-refractivity contribution in [3.05, 3.63) is 53.3 Å². The summed E-state index contributed by atoms with van der Waals surface area (Å²) < 4.78 is 35.7. The lowest BCUT2D eigenvalue weighted by Gasteiger charge is -2.24. The molecule has 2 aromatic heterocycles. The molecular weight excluding hydrogens is 504 g/mol. The zero-order chi connectivity index (χ0) is 27.6. The molecule has 10 nitrogen and oxygen atoms in total. The number of ether oxygens (including phenoxy) is 1. The molecule has 0 saturated heterocycles. The van der Waals surface area contributed by atoms with Gasteiger partial charge in [-0.05, 0) is 76.4 Å². The minimum Gasteiger partial charge on any atom is -0.481 e. The molecule has 0 fully saturated rings. The van der Waals surface area contributed by atoms with E-state index in [9.17, 15) is 13.2 Å². The number of hydrogen-bond acceptors (Lipinski definition) is 7. The standard InChI is InChI=1S/C27H36N6O4S.2H2/c1-7-22(32(4)5)23-16-25(30-33(23)17(2)3)38(35,36)31-27(34)29-26-20-10-8-9-18(20)11-12-21(26)19-13-14-28-24(15-19)37-6;;/h11-17,22H,7-10H2,1-6H3,(H2,29,31,34);2*1H. The molecule has 11 heteroatoms. The number of benzene rings is 1. The number of urea groups is 1. The summed E-state index contributed by atoms with van der Waals surface area (Å²) in [5.41, 5.74) is 5.09. The lowest BCUT2D eigenvalue weighted by atomic mass is 9.98. The maximum Gasteiger partial charge on any atom is 0.333 e. The monoisotopic (exact) mass is 544 g/mol. The van der Waals surface area contributed by atoms with Gasteiger partial charge in [-0.2, -0.15) is 13.5 Å². The summed E-state index contributed by atoms with van der Waals surface area (Å²) in [6.07, 6.45) is 5.08. The second-order valence-corrected chi connectivity index (χ2v) is 11.6. The second kappa shape index (κ2) is 11.1. The molecule has 1 aromatic carbocycles. The van der Waals surface area contributed by atoms with Crippen molar-refractivity contribution < 1.29 is 20.8 Å². The number of carbonyl (C=O) groups is 1. The zero-order valence-corrected chi connectivity index (χ0v) is 23.6. The van der Waals surface area contributed by atoms with E-state index in [1.807, 2.05) is 51.9 Å². The van der Waals surface area contributed by atoms with Gasteiger partial charge in [-0.15, -0.1) is 0 Å². The molecule has 1 unspecified atom stereocenters. The molecule has 0 saturated carbocycles. The quantitative estimate of drug-likeness (QED) is 0.387. The van der Waals surface area contributed by atoms with Gasteiger partial charge >= 0.3 is 6.03 Å². The third-order valence-electron chi connectivity index (χ3n) is 6.86. The number of nitrogens with zero attached hydrogens (tertiary/aromatic N) is 4. The van der Waals surface area contributed by atoms with Gasteiger partial charge in [0.1, 0.15) is 0 Å². The van der Waals surface area contributed by atoms with Gasteiger partial charge in [-0.25, -0.2) is 14.5 Å². The number of hydrogen-bond donors (Lipinski definition) is 2. The van der Waals surface area contributed by atoms with Crippen molar-refractivity contribution in [2.75, 3.05) is 26.5 Å². The van der Waals surface area contributed by atoms with Crippen molar-refractivity contribution in [3.8, 4) is 17.0 Å². The molecule has 2 N–H and O–H groups in total. The lowest BCUT2D eigenvalue weighted by molar-refractivity contribution is 0.256. The maximum absolute atomic E-state index is 13.3. The fourth-order valence-corrected chi connectivity index (χ4v) is 5.94. The predicted molar refractivity (Wildman–Crippen MR) is 151 cm³/mol. The average Bonchev–Trinajstić information content (AvgIpc) is 3.52. The number of fused-ring (bicyclic) bond motifs is 1. The summed E-state index contributed by atoms with van der Waals surface area (Å²) in [6.45, 7) is 5.93. The van der Waals surface area contributed by atoms with E-state index in [0.29, 0.717) is 11.6 Å². The van der Waals surface area contributed by atoms with Crippen LogP contribution < -0.4 is 14.8 Å². The van der Waals surface area contributed by atoms with Crippen LogP contribution >= 0.6 is 0 Å². The fraction of sp³-hybridized carbons (Fsp3) is 0.444. The summed E-state index contributed by atoms with van der Waals surface area (Å²) in [6, 6.07) is 8.24. The van der Waals surface area contributed by atoms with Crippen molar-refractivity contribution in [3.63, 3.8) is 0 Å². The van der Waals surface area contributed by atoms with Crippen LogP contribution in [0.5, 0.6) is 5.88 Å². The van der Waals surface area contributed by atoms with Crippen molar-refractivity contribution in [2.24, 2.45) is 0 Å². The molecule has 208 valence electrons. The van der Waals surface area contributed by atoms with E-state index in [-0.39, 0.29) is 20.0 Å². The number of sulfonamides is 1. The summed E-state index contributed by atoms with van der Waals surface area (Å²) in [4.78, 5) is 19.3. The molecule has 0 spiro atoms. The number of rotatable bonds is 9. The molecule has 1 aliphatic rings. The van der Waals surface area contributed by atoms with Crippen LogP contribution in [0, 0.1) is 0 Å². The SMILES string of the molecule is CCC(c1cc(S(=O)(=O)NC(=O)Nc2c(-c3ccnc(OC)c3)ccc3c2CCC3)nn1C(C)C)N(C)C.[HH].[HH]. The number of nitrogens with one attached hydrogen (secondary N) is 2. The summed E-state index contributed by atoms with van der Waals surface area (Å²) >= 11 is 0. The Hall–Kier alpha value is -3.44. The molecule has 3 aromatic rings. The first-order valence-electron chi connectivity index (χ1n) is 12.8. The fourth-order valence-electron chi connectivity index (χ4n) is 5.07. The van der Waals surface area contributed by atoms with Crippen LogP contribution in [0.15, 0.2) is 41.6 Å². The van der Waals surface area contributed by atoms with Crippen LogP contribution in [-0.4, -0.2) is 55.3 Å². The van der Waals surface area contributed by atoms with E-state index in [2.05, 4.69) is 26.2 Å². The molecule has 0 bridgehead atoms. The van der Waals surface area contributed by atoms with Crippen molar-refractivity contribution in [1.29, 1.82) is 0 Å². The Labute approximate surface area is 227 Å². The maximum atomic E-state index is 13.3. The van der Waals surface area contributed by atoms with E-state index >= 15 is 0 Å². The van der Waals surface area contributed by atoms with Crippen molar-refractivity contribution in [2.45, 2.75) is 63.6 Å². The molecule has 4 rings (SSSR count). The Kier molecular flexibility index (Phi) is 8.08. The van der Waals surface area contributed by atoms with E-state index in [1.54, 1.807) is 30.1 Å². The highest BCUT2D eigenvalue weighted by atomic mass is 32.2.